The maximum absolute atomic E-state index is 13.6. The second kappa shape index (κ2) is 8.75. The van der Waals surface area contributed by atoms with Crippen LogP contribution in [0.5, 0.6) is 0 Å². The Morgan fingerprint density at radius 3 is 2.71 bits per heavy atom. The number of benzene rings is 1. The first-order valence-corrected chi connectivity index (χ1v) is 8.21. The van der Waals surface area contributed by atoms with Crippen LogP contribution in [-0.2, 0) is 9.59 Å². The number of aliphatic hydroxyl groups is 1. The first kappa shape index (κ1) is 18.4. The minimum atomic E-state index is -0.874. The average molecular weight is 337 g/mol. The summed E-state index contributed by atoms with van der Waals surface area (Å²) >= 11 is 0. The molecule has 1 aromatic rings. The molecule has 132 valence electrons. The van der Waals surface area contributed by atoms with E-state index in [1.165, 1.54) is 12.1 Å². The normalized spacial score (nSPS) is 16.0. The molecule has 0 radical (unpaired) electrons. The molecule has 0 saturated carbocycles. The summed E-state index contributed by atoms with van der Waals surface area (Å²) in [5, 5.41) is 14.3. The highest BCUT2D eigenvalue weighted by Gasteiger charge is 2.17. The predicted molar refractivity (Wildman–Crippen MR) is 89.1 cm³/mol. The number of amides is 2. The van der Waals surface area contributed by atoms with Crippen LogP contribution < -0.4 is 10.6 Å². The molecule has 1 fully saturated rings. The number of likely N-dealkylation sites (tertiary alicyclic amines) is 1. The summed E-state index contributed by atoms with van der Waals surface area (Å²) in [4.78, 5) is 25.7. The molecule has 3 N–H and O–H groups in total. The molecule has 1 aliphatic heterocycles. The number of nitrogens with zero attached hydrogens (tertiary/aromatic N) is 1. The van der Waals surface area contributed by atoms with Gasteiger partial charge in [-0.15, -0.1) is 0 Å². The summed E-state index contributed by atoms with van der Waals surface area (Å²) in [6, 6.07) is 4.31. The molecule has 1 aromatic carbocycles. The lowest BCUT2D eigenvalue weighted by atomic mass is 10.1. The summed E-state index contributed by atoms with van der Waals surface area (Å²) in [5.74, 6) is -2.22. The van der Waals surface area contributed by atoms with Crippen LogP contribution in [0.25, 0.3) is 0 Å². The molecule has 24 heavy (non-hydrogen) atoms. The van der Waals surface area contributed by atoms with Gasteiger partial charge in [-0.1, -0.05) is 6.07 Å². The van der Waals surface area contributed by atoms with Crippen LogP contribution in [0.3, 0.4) is 0 Å². The monoisotopic (exact) mass is 337 g/mol. The zero-order chi connectivity index (χ0) is 17.5. The second-order valence-corrected chi connectivity index (χ2v) is 6.12. The molecule has 6 nitrogen and oxygen atoms in total. The van der Waals surface area contributed by atoms with E-state index in [1.807, 2.05) is 0 Å². The number of piperidine rings is 1. The average Bonchev–Trinajstić information content (AvgIpc) is 2.56. The Balaban J connectivity index is 1.68. The molecule has 0 spiro atoms. The first-order valence-electron chi connectivity index (χ1n) is 8.21. The third kappa shape index (κ3) is 5.58. The van der Waals surface area contributed by atoms with Gasteiger partial charge in [0.2, 0.25) is 0 Å². The largest absolute Gasteiger partial charge is 0.393 e. The molecule has 0 atom stereocenters. The lowest BCUT2D eigenvalue weighted by Gasteiger charge is -2.29. The van der Waals surface area contributed by atoms with E-state index < -0.39 is 17.6 Å². The SMILES string of the molecule is Cc1ccc(F)c(NC(=O)C(=O)NCCCN2CCC(O)CC2)c1. The molecule has 2 amide bonds. The summed E-state index contributed by atoms with van der Waals surface area (Å²) in [7, 11) is 0. The maximum Gasteiger partial charge on any atom is 0.313 e. The minimum absolute atomic E-state index is 0.00187. The van der Waals surface area contributed by atoms with Gasteiger partial charge in [-0.3, -0.25) is 9.59 Å². The molecule has 1 aliphatic rings. The first-order chi connectivity index (χ1) is 11.5. The van der Waals surface area contributed by atoms with Crippen molar-refractivity contribution in [1.82, 2.24) is 10.2 Å². The molecule has 0 aliphatic carbocycles. The predicted octanol–water partition coefficient (Wildman–Crippen LogP) is 1.04. The number of anilines is 1. The molecule has 0 aromatic heterocycles. The third-order valence-electron chi connectivity index (χ3n) is 4.07. The maximum atomic E-state index is 13.6. The van der Waals surface area contributed by atoms with Crippen molar-refractivity contribution in [2.24, 2.45) is 0 Å². The van der Waals surface area contributed by atoms with E-state index in [4.69, 9.17) is 0 Å². The van der Waals surface area contributed by atoms with Crippen molar-refractivity contribution < 1.29 is 19.1 Å². The Morgan fingerprint density at radius 1 is 1.29 bits per heavy atom. The van der Waals surface area contributed by atoms with Crippen LogP contribution in [0.2, 0.25) is 0 Å². The molecule has 1 heterocycles. The fraction of sp³-hybridized carbons (Fsp3) is 0.529. The van der Waals surface area contributed by atoms with Crippen LogP contribution in [0.15, 0.2) is 18.2 Å². The minimum Gasteiger partial charge on any atom is -0.393 e. The standard InChI is InChI=1S/C17H24FN3O3/c1-12-3-4-14(18)15(11-12)20-17(24)16(23)19-7-2-8-21-9-5-13(22)6-10-21/h3-4,11,13,22H,2,5-10H2,1H3,(H,19,23)(H,20,24). The number of carbonyl (C=O) groups excluding carboxylic acids is 2. The smallest absolute Gasteiger partial charge is 0.313 e. The van der Waals surface area contributed by atoms with Crippen molar-refractivity contribution in [1.29, 1.82) is 0 Å². The van der Waals surface area contributed by atoms with Gasteiger partial charge in [0, 0.05) is 19.6 Å². The van der Waals surface area contributed by atoms with Crippen molar-refractivity contribution in [3.05, 3.63) is 29.6 Å². The lowest BCUT2D eigenvalue weighted by molar-refractivity contribution is -0.136. The van der Waals surface area contributed by atoms with Crippen molar-refractivity contribution in [2.75, 3.05) is 31.5 Å². The van der Waals surface area contributed by atoms with Gasteiger partial charge in [-0.2, -0.15) is 0 Å². The van der Waals surface area contributed by atoms with Gasteiger partial charge in [-0.25, -0.2) is 4.39 Å². The number of aryl methyl sites for hydroxylation is 1. The topological polar surface area (TPSA) is 81.7 Å². The number of hydrogen-bond donors (Lipinski definition) is 3. The highest BCUT2D eigenvalue weighted by Crippen LogP contribution is 2.15. The number of halogens is 1. The summed E-state index contributed by atoms with van der Waals surface area (Å²) in [6.07, 6.45) is 2.06. The number of hydrogen-bond acceptors (Lipinski definition) is 4. The molecule has 0 unspecified atom stereocenters. The lowest BCUT2D eigenvalue weighted by Crippen LogP contribution is -2.39. The fourth-order valence-electron chi connectivity index (χ4n) is 2.64. The molecule has 1 saturated heterocycles. The Morgan fingerprint density at radius 2 is 2.00 bits per heavy atom. The van der Waals surface area contributed by atoms with Crippen LogP contribution in [0, 0.1) is 12.7 Å². The molecular formula is C17H24FN3O3. The van der Waals surface area contributed by atoms with Gasteiger partial charge in [0.1, 0.15) is 5.82 Å². The number of rotatable bonds is 5. The van der Waals surface area contributed by atoms with E-state index in [0.717, 1.165) is 38.0 Å². The summed E-state index contributed by atoms with van der Waals surface area (Å²) < 4.78 is 13.6. The molecule has 0 bridgehead atoms. The highest BCUT2D eigenvalue weighted by atomic mass is 19.1. The van der Waals surface area contributed by atoms with Gasteiger partial charge in [0.05, 0.1) is 11.8 Å². The van der Waals surface area contributed by atoms with Crippen molar-refractivity contribution >= 4 is 17.5 Å². The van der Waals surface area contributed by atoms with Crippen LogP contribution >= 0.6 is 0 Å². The molecule has 7 heteroatoms. The van der Waals surface area contributed by atoms with Crippen molar-refractivity contribution in [3.63, 3.8) is 0 Å². The van der Waals surface area contributed by atoms with E-state index in [2.05, 4.69) is 15.5 Å². The van der Waals surface area contributed by atoms with E-state index in [9.17, 15) is 19.1 Å². The third-order valence-corrected chi connectivity index (χ3v) is 4.07. The van der Waals surface area contributed by atoms with Crippen molar-refractivity contribution in [3.8, 4) is 0 Å². The van der Waals surface area contributed by atoms with Gasteiger partial charge < -0.3 is 20.6 Å². The Bertz CT molecular complexity index is 586. The number of nitrogens with one attached hydrogen (secondary N) is 2. The Kier molecular flexibility index (Phi) is 6.69. The van der Waals surface area contributed by atoms with E-state index >= 15 is 0 Å². The summed E-state index contributed by atoms with van der Waals surface area (Å²) in [6.45, 7) is 4.65. The quantitative estimate of drug-likeness (QED) is 0.554. The van der Waals surface area contributed by atoms with E-state index in [1.54, 1.807) is 13.0 Å². The fourth-order valence-corrected chi connectivity index (χ4v) is 2.64. The number of carbonyl (C=O) groups is 2. The van der Waals surface area contributed by atoms with Crippen LogP contribution in [0.4, 0.5) is 10.1 Å². The molecule has 2 rings (SSSR count). The Hall–Kier alpha value is -1.99. The molecular weight excluding hydrogens is 313 g/mol. The number of aliphatic hydroxyl groups excluding tert-OH is 1. The van der Waals surface area contributed by atoms with Crippen molar-refractivity contribution in [2.45, 2.75) is 32.3 Å². The van der Waals surface area contributed by atoms with Gasteiger partial charge in [-0.05, 0) is 50.4 Å². The van der Waals surface area contributed by atoms with Crippen LogP contribution in [-0.4, -0.2) is 54.1 Å². The van der Waals surface area contributed by atoms with Gasteiger partial charge in [0.15, 0.2) is 0 Å². The van der Waals surface area contributed by atoms with Gasteiger partial charge >= 0.3 is 11.8 Å². The zero-order valence-electron chi connectivity index (χ0n) is 13.8. The summed E-state index contributed by atoms with van der Waals surface area (Å²) in [5.41, 5.74) is 0.792. The van der Waals surface area contributed by atoms with Gasteiger partial charge in [0.25, 0.3) is 0 Å². The Labute approximate surface area is 141 Å². The second-order valence-electron chi connectivity index (χ2n) is 6.12. The van der Waals surface area contributed by atoms with E-state index in [0.29, 0.717) is 13.0 Å². The zero-order valence-corrected chi connectivity index (χ0v) is 13.8. The van der Waals surface area contributed by atoms with E-state index in [-0.39, 0.29) is 11.8 Å². The van der Waals surface area contributed by atoms with Crippen LogP contribution in [0.1, 0.15) is 24.8 Å². The highest BCUT2D eigenvalue weighted by molar-refractivity contribution is 6.39.